The van der Waals surface area contributed by atoms with E-state index < -0.39 is 0 Å². The quantitative estimate of drug-likeness (QED) is 0.905. The van der Waals surface area contributed by atoms with Crippen molar-refractivity contribution in [1.82, 2.24) is 0 Å². The van der Waals surface area contributed by atoms with Crippen molar-refractivity contribution in [2.45, 2.75) is 26.3 Å². The molecule has 1 heterocycles. The van der Waals surface area contributed by atoms with Crippen LogP contribution >= 0.6 is 0 Å². The summed E-state index contributed by atoms with van der Waals surface area (Å²) in [5.41, 5.74) is 12.6. The smallest absolute Gasteiger partial charge is 0.0396 e. The first kappa shape index (κ1) is 13.2. The van der Waals surface area contributed by atoms with Gasteiger partial charge in [-0.25, -0.2) is 0 Å². The van der Waals surface area contributed by atoms with E-state index in [2.05, 4.69) is 54.3 Å². The molecular weight excluding hydrogens is 244 g/mol. The van der Waals surface area contributed by atoms with Crippen LogP contribution in [0.3, 0.4) is 0 Å². The van der Waals surface area contributed by atoms with Crippen LogP contribution in [0.4, 0.5) is 5.69 Å². The van der Waals surface area contributed by atoms with Crippen molar-refractivity contribution in [3.05, 3.63) is 64.7 Å². The fourth-order valence-corrected chi connectivity index (χ4v) is 3.11. The van der Waals surface area contributed by atoms with Crippen LogP contribution in [0.2, 0.25) is 0 Å². The van der Waals surface area contributed by atoms with Crippen LogP contribution in [0.25, 0.3) is 0 Å². The fourth-order valence-electron chi connectivity index (χ4n) is 3.11. The highest BCUT2D eigenvalue weighted by atomic mass is 15.1. The monoisotopic (exact) mass is 266 g/mol. The standard InChI is InChI=1S/C18H22N2/c1-14-12-15(13-19)6-7-18(14)20-10-8-16-4-2-3-5-17(16)9-11-20/h2-7,12H,8-11,13,19H2,1H3. The lowest BCUT2D eigenvalue weighted by molar-refractivity contribution is 0.802. The summed E-state index contributed by atoms with van der Waals surface area (Å²) in [6.45, 7) is 5.00. The predicted octanol–water partition coefficient (Wildman–Crippen LogP) is 3.06. The number of rotatable bonds is 2. The Hall–Kier alpha value is -1.80. The number of hydrogen-bond donors (Lipinski definition) is 1. The Bertz CT molecular complexity index is 577. The minimum atomic E-state index is 0.618. The molecule has 20 heavy (non-hydrogen) atoms. The lowest BCUT2D eigenvalue weighted by atomic mass is 10.0. The lowest BCUT2D eigenvalue weighted by Gasteiger charge is -2.25. The summed E-state index contributed by atoms with van der Waals surface area (Å²) in [6, 6.07) is 15.4. The second-order valence-electron chi connectivity index (χ2n) is 5.58. The normalized spacial score (nSPS) is 14.8. The summed E-state index contributed by atoms with van der Waals surface area (Å²) < 4.78 is 0. The van der Waals surface area contributed by atoms with Gasteiger partial charge in [0.25, 0.3) is 0 Å². The predicted molar refractivity (Wildman–Crippen MR) is 85.1 cm³/mol. The summed E-state index contributed by atoms with van der Waals surface area (Å²) in [6.07, 6.45) is 2.27. The van der Waals surface area contributed by atoms with Crippen LogP contribution in [0.15, 0.2) is 42.5 Å². The van der Waals surface area contributed by atoms with Crippen molar-refractivity contribution in [3.63, 3.8) is 0 Å². The Balaban J connectivity index is 1.83. The van der Waals surface area contributed by atoms with Crippen LogP contribution < -0.4 is 10.6 Å². The second kappa shape index (κ2) is 5.68. The maximum atomic E-state index is 5.72. The van der Waals surface area contributed by atoms with E-state index in [9.17, 15) is 0 Å². The molecule has 0 saturated heterocycles. The maximum absolute atomic E-state index is 5.72. The van der Waals surface area contributed by atoms with E-state index in [1.807, 2.05) is 0 Å². The summed E-state index contributed by atoms with van der Waals surface area (Å²) in [5, 5.41) is 0. The molecule has 2 aromatic rings. The molecule has 0 aliphatic carbocycles. The van der Waals surface area contributed by atoms with Crippen molar-refractivity contribution >= 4 is 5.69 Å². The zero-order valence-electron chi connectivity index (χ0n) is 12.1. The third-order valence-electron chi connectivity index (χ3n) is 4.26. The molecule has 1 aliphatic heterocycles. The molecule has 2 heteroatoms. The second-order valence-corrected chi connectivity index (χ2v) is 5.58. The largest absolute Gasteiger partial charge is 0.371 e. The molecule has 0 fully saturated rings. The van der Waals surface area contributed by atoms with Gasteiger partial charge in [-0.1, -0.05) is 36.4 Å². The van der Waals surface area contributed by atoms with E-state index in [0.717, 1.165) is 25.9 Å². The molecule has 3 rings (SSSR count). The molecule has 0 radical (unpaired) electrons. The van der Waals surface area contributed by atoms with E-state index in [-0.39, 0.29) is 0 Å². The molecular formula is C18H22N2. The third-order valence-corrected chi connectivity index (χ3v) is 4.26. The molecule has 2 aromatic carbocycles. The summed E-state index contributed by atoms with van der Waals surface area (Å²) in [4.78, 5) is 2.51. The van der Waals surface area contributed by atoms with Gasteiger partial charge < -0.3 is 10.6 Å². The number of nitrogens with two attached hydrogens (primary N) is 1. The maximum Gasteiger partial charge on any atom is 0.0396 e. The van der Waals surface area contributed by atoms with E-state index >= 15 is 0 Å². The Kier molecular flexibility index (Phi) is 3.75. The highest BCUT2D eigenvalue weighted by Crippen LogP contribution is 2.25. The first-order valence-electron chi connectivity index (χ1n) is 7.39. The fraction of sp³-hybridized carbons (Fsp3) is 0.333. The molecule has 0 saturated carbocycles. The average molecular weight is 266 g/mol. The van der Waals surface area contributed by atoms with Gasteiger partial charge in [0.2, 0.25) is 0 Å². The van der Waals surface area contributed by atoms with E-state index in [1.165, 1.54) is 27.9 Å². The van der Waals surface area contributed by atoms with Gasteiger partial charge in [0.15, 0.2) is 0 Å². The van der Waals surface area contributed by atoms with Gasteiger partial charge in [-0.15, -0.1) is 0 Å². The van der Waals surface area contributed by atoms with Crippen molar-refractivity contribution < 1.29 is 0 Å². The molecule has 2 N–H and O–H groups in total. The molecule has 0 spiro atoms. The molecule has 2 nitrogen and oxygen atoms in total. The SMILES string of the molecule is Cc1cc(CN)ccc1N1CCc2ccccc2CC1. The number of fused-ring (bicyclic) bond motifs is 1. The van der Waals surface area contributed by atoms with Gasteiger partial charge >= 0.3 is 0 Å². The third kappa shape index (κ3) is 2.56. The highest BCUT2D eigenvalue weighted by Gasteiger charge is 2.15. The summed E-state index contributed by atoms with van der Waals surface area (Å²) in [7, 11) is 0. The first-order valence-corrected chi connectivity index (χ1v) is 7.39. The molecule has 0 unspecified atom stereocenters. The average Bonchev–Trinajstić information content (AvgIpc) is 2.70. The van der Waals surface area contributed by atoms with Gasteiger partial charge in [0, 0.05) is 25.3 Å². The van der Waals surface area contributed by atoms with Crippen LogP contribution in [-0.2, 0) is 19.4 Å². The van der Waals surface area contributed by atoms with E-state index in [1.54, 1.807) is 0 Å². The first-order chi connectivity index (χ1) is 9.78. The van der Waals surface area contributed by atoms with Crippen molar-refractivity contribution in [1.29, 1.82) is 0 Å². The zero-order chi connectivity index (χ0) is 13.9. The van der Waals surface area contributed by atoms with Gasteiger partial charge in [0.1, 0.15) is 0 Å². The van der Waals surface area contributed by atoms with Gasteiger partial charge in [0.05, 0.1) is 0 Å². The molecule has 0 amide bonds. The van der Waals surface area contributed by atoms with Crippen LogP contribution in [0, 0.1) is 6.92 Å². The minimum absolute atomic E-state index is 0.618. The Morgan fingerprint density at radius 1 is 1.00 bits per heavy atom. The van der Waals surface area contributed by atoms with Gasteiger partial charge in [-0.2, -0.15) is 0 Å². The van der Waals surface area contributed by atoms with Crippen molar-refractivity contribution in [3.8, 4) is 0 Å². The van der Waals surface area contributed by atoms with Gasteiger partial charge in [-0.3, -0.25) is 0 Å². The molecule has 0 aromatic heterocycles. The number of anilines is 1. The lowest BCUT2D eigenvalue weighted by Crippen LogP contribution is -2.26. The topological polar surface area (TPSA) is 29.3 Å². The van der Waals surface area contributed by atoms with Crippen molar-refractivity contribution in [2.24, 2.45) is 5.73 Å². The molecule has 104 valence electrons. The number of benzene rings is 2. The van der Waals surface area contributed by atoms with Crippen molar-refractivity contribution in [2.75, 3.05) is 18.0 Å². The minimum Gasteiger partial charge on any atom is -0.371 e. The zero-order valence-corrected chi connectivity index (χ0v) is 12.1. The van der Waals surface area contributed by atoms with E-state index in [4.69, 9.17) is 5.73 Å². The summed E-state index contributed by atoms with van der Waals surface area (Å²) >= 11 is 0. The van der Waals surface area contributed by atoms with E-state index in [0.29, 0.717) is 6.54 Å². The molecule has 1 aliphatic rings. The van der Waals surface area contributed by atoms with Crippen LogP contribution in [-0.4, -0.2) is 13.1 Å². The Labute approximate surface area is 121 Å². The Morgan fingerprint density at radius 2 is 1.65 bits per heavy atom. The van der Waals surface area contributed by atoms with Gasteiger partial charge in [-0.05, 0) is 48.1 Å². The van der Waals surface area contributed by atoms with Crippen LogP contribution in [0.5, 0.6) is 0 Å². The van der Waals surface area contributed by atoms with Crippen LogP contribution in [0.1, 0.15) is 22.3 Å². The summed E-state index contributed by atoms with van der Waals surface area (Å²) in [5.74, 6) is 0. The molecule has 0 atom stereocenters. The number of hydrogen-bond acceptors (Lipinski definition) is 2. The Morgan fingerprint density at radius 3 is 2.20 bits per heavy atom. The number of nitrogens with zero attached hydrogens (tertiary/aromatic N) is 1. The number of aryl methyl sites for hydroxylation is 1. The molecule has 0 bridgehead atoms. The highest BCUT2D eigenvalue weighted by molar-refractivity contribution is 5.55.